The van der Waals surface area contributed by atoms with E-state index < -0.39 is 34.9 Å². The van der Waals surface area contributed by atoms with Crippen LogP contribution in [-0.2, 0) is 6.54 Å². The van der Waals surface area contributed by atoms with E-state index >= 15 is 0 Å². The molecule has 0 radical (unpaired) electrons. The van der Waals surface area contributed by atoms with Crippen molar-refractivity contribution in [3.63, 3.8) is 0 Å². The minimum atomic E-state index is -4.57. The number of hydrogen-bond acceptors (Lipinski definition) is 5. The summed E-state index contributed by atoms with van der Waals surface area (Å²) in [5.41, 5.74) is -0.231. The van der Waals surface area contributed by atoms with Gasteiger partial charge in [0.15, 0.2) is 6.61 Å². The molecule has 0 unspecified atom stereocenters. The maximum absolute atomic E-state index is 12.3. The number of benzene rings is 2. The Labute approximate surface area is 151 Å². The number of rotatable bonds is 7. The zero-order valence-corrected chi connectivity index (χ0v) is 14.1. The van der Waals surface area contributed by atoms with Gasteiger partial charge in [-0.05, 0) is 29.8 Å². The Morgan fingerprint density at radius 1 is 1.15 bits per heavy atom. The lowest BCUT2D eigenvalue weighted by molar-refractivity contribution is -0.385. The van der Waals surface area contributed by atoms with Crippen LogP contribution < -0.4 is 14.8 Å². The number of ether oxygens (including phenoxy) is 2. The van der Waals surface area contributed by atoms with Crippen LogP contribution >= 0.6 is 0 Å². The molecule has 1 N–H and O–H groups in total. The monoisotopic (exact) mass is 384 g/mol. The second kappa shape index (κ2) is 8.39. The first kappa shape index (κ1) is 20.0. The summed E-state index contributed by atoms with van der Waals surface area (Å²) >= 11 is 0. The lowest BCUT2D eigenvalue weighted by Crippen LogP contribution is -2.24. The molecule has 0 fully saturated rings. The van der Waals surface area contributed by atoms with E-state index in [4.69, 9.17) is 4.74 Å². The van der Waals surface area contributed by atoms with Gasteiger partial charge in [-0.2, -0.15) is 13.2 Å². The van der Waals surface area contributed by atoms with Gasteiger partial charge in [-0.3, -0.25) is 14.9 Å². The molecule has 0 aliphatic rings. The molecule has 1 amide bonds. The summed E-state index contributed by atoms with van der Waals surface area (Å²) in [6.45, 7) is -1.51. The Morgan fingerprint density at radius 3 is 2.33 bits per heavy atom. The van der Waals surface area contributed by atoms with Gasteiger partial charge in [-0.15, -0.1) is 0 Å². The molecule has 144 valence electrons. The first-order chi connectivity index (χ1) is 12.7. The van der Waals surface area contributed by atoms with Crippen molar-refractivity contribution in [3.8, 4) is 11.5 Å². The van der Waals surface area contributed by atoms with Crippen molar-refractivity contribution in [2.24, 2.45) is 0 Å². The van der Waals surface area contributed by atoms with Gasteiger partial charge in [-0.25, -0.2) is 0 Å². The van der Waals surface area contributed by atoms with Crippen molar-refractivity contribution in [1.29, 1.82) is 0 Å². The smallest absolute Gasteiger partial charge is 0.422 e. The predicted octanol–water partition coefficient (Wildman–Crippen LogP) is 3.47. The van der Waals surface area contributed by atoms with E-state index in [9.17, 15) is 28.1 Å². The second-order valence-electron chi connectivity index (χ2n) is 5.37. The van der Waals surface area contributed by atoms with E-state index in [0.717, 1.165) is 18.2 Å². The van der Waals surface area contributed by atoms with Crippen molar-refractivity contribution in [1.82, 2.24) is 5.32 Å². The van der Waals surface area contributed by atoms with Crippen molar-refractivity contribution < 1.29 is 32.4 Å². The highest BCUT2D eigenvalue weighted by Crippen LogP contribution is 2.26. The fraction of sp³-hybridized carbons (Fsp3) is 0.235. The Hall–Kier alpha value is -3.30. The van der Waals surface area contributed by atoms with Crippen molar-refractivity contribution in [2.75, 3.05) is 13.7 Å². The highest BCUT2D eigenvalue weighted by molar-refractivity contribution is 5.98. The molecule has 0 heterocycles. The van der Waals surface area contributed by atoms with Crippen molar-refractivity contribution in [2.45, 2.75) is 12.7 Å². The molecular formula is C17H15F3N2O5. The number of carbonyl (C=O) groups excluding carboxylic acids is 1. The highest BCUT2D eigenvalue weighted by Gasteiger charge is 2.29. The first-order valence-electron chi connectivity index (χ1n) is 7.59. The zero-order valence-electron chi connectivity index (χ0n) is 14.1. The summed E-state index contributed by atoms with van der Waals surface area (Å²) in [6, 6.07) is 9.57. The van der Waals surface area contributed by atoms with Crippen LogP contribution in [0.5, 0.6) is 11.5 Å². The van der Waals surface area contributed by atoms with Gasteiger partial charge in [0, 0.05) is 12.6 Å². The summed E-state index contributed by atoms with van der Waals surface area (Å²) in [7, 11) is 1.50. The predicted molar refractivity (Wildman–Crippen MR) is 88.8 cm³/mol. The highest BCUT2D eigenvalue weighted by atomic mass is 19.4. The molecule has 2 aromatic carbocycles. The fourth-order valence-electron chi connectivity index (χ4n) is 2.13. The molecule has 10 heteroatoms. The largest absolute Gasteiger partial charge is 0.497 e. The number of amides is 1. The molecule has 0 atom stereocenters. The Kier molecular flexibility index (Phi) is 6.22. The molecule has 0 saturated heterocycles. The van der Waals surface area contributed by atoms with Crippen LogP contribution in [0.25, 0.3) is 0 Å². The average molecular weight is 384 g/mol. The lowest BCUT2D eigenvalue weighted by atomic mass is 10.1. The standard InChI is InChI=1S/C17H15F3N2O5/c1-26-12-4-2-11(3-5-12)9-21-16(23)14-8-13(27-10-17(18,19)20)6-7-15(14)22(24)25/h2-8H,9-10H2,1H3,(H,21,23). The number of nitro groups is 1. The molecule has 0 aliphatic carbocycles. The average Bonchev–Trinajstić information content (AvgIpc) is 2.64. The number of halogens is 3. The Bertz CT molecular complexity index is 822. The number of nitrogens with one attached hydrogen (secondary N) is 1. The van der Waals surface area contributed by atoms with Crippen LogP contribution in [0.15, 0.2) is 42.5 Å². The van der Waals surface area contributed by atoms with Crippen LogP contribution in [0.3, 0.4) is 0 Å². The molecule has 7 nitrogen and oxygen atoms in total. The number of alkyl halides is 3. The van der Waals surface area contributed by atoms with Gasteiger partial charge in [0.05, 0.1) is 12.0 Å². The number of hydrogen-bond donors (Lipinski definition) is 1. The third-order valence-electron chi connectivity index (χ3n) is 3.42. The summed E-state index contributed by atoms with van der Waals surface area (Å²) < 4.78 is 46.3. The molecule has 0 spiro atoms. The third-order valence-corrected chi connectivity index (χ3v) is 3.42. The van der Waals surface area contributed by atoms with Gasteiger partial charge < -0.3 is 14.8 Å². The quantitative estimate of drug-likeness (QED) is 0.583. The Balaban J connectivity index is 2.14. The summed E-state index contributed by atoms with van der Waals surface area (Å²) in [5, 5.41) is 13.6. The van der Waals surface area contributed by atoms with Crippen LogP contribution in [0, 0.1) is 10.1 Å². The van der Waals surface area contributed by atoms with Crippen LogP contribution in [0.1, 0.15) is 15.9 Å². The maximum Gasteiger partial charge on any atom is 0.422 e. The molecule has 2 aromatic rings. The van der Waals surface area contributed by atoms with Gasteiger partial charge >= 0.3 is 6.18 Å². The summed E-state index contributed by atoms with van der Waals surface area (Å²) in [6.07, 6.45) is -4.57. The molecule has 0 aliphatic heterocycles. The number of nitro benzene ring substituents is 1. The summed E-state index contributed by atoms with van der Waals surface area (Å²) in [5.74, 6) is -0.488. The topological polar surface area (TPSA) is 90.7 Å². The third kappa shape index (κ3) is 5.87. The maximum atomic E-state index is 12.3. The molecular weight excluding hydrogens is 369 g/mol. The van der Waals surface area contributed by atoms with E-state index in [2.05, 4.69) is 10.1 Å². The van der Waals surface area contributed by atoms with E-state index in [0.29, 0.717) is 11.3 Å². The summed E-state index contributed by atoms with van der Waals surface area (Å²) in [4.78, 5) is 22.6. The molecule has 0 bridgehead atoms. The van der Waals surface area contributed by atoms with E-state index in [1.165, 1.54) is 7.11 Å². The van der Waals surface area contributed by atoms with Gasteiger partial charge in [0.2, 0.25) is 0 Å². The molecule has 2 rings (SSSR count). The lowest BCUT2D eigenvalue weighted by Gasteiger charge is -2.11. The molecule has 27 heavy (non-hydrogen) atoms. The number of methoxy groups -OCH3 is 1. The SMILES string of the molecule is COc1ccc(CNC(=O)c2cc(OCC(F)(F)F)ccc2[N+](=O)[O-])cc1. The van der Waals surface area contributed by atoms with Crippen LogP contribution in [-0.4, -0.2) is 30.7 Å². The second-order valence-corrected chi connectivity index (χ2v) is 5.37. The van der Waals surface area contributed by atoms with Gasteiger partial charge in [0.25, 0.3) is 11.6 Å². The number of carbonyl (C=O) groups is 1. The van der Waals surface area contributed by atoms with Gasteiger partial charge in [0.1, 0.15) is 17.1 Å². The van der Waals surface area contributed by atoms with Crippen LogP contribution in [0.2, 0.25) is 0 Å². The zero-order chi connectivity index (χ0) is 20.0. The van der Waals surface area contributed by atoms with Crippen molar-refractivity contribution >= 4 is 11.6 Å². The van der Waals surface area contributed by atoms with E-state index in [1.54, 1.807) is 24.3 Å². The minimum absolute atomic E-state index is 0.0631. The van der Waals surface area contributed by atoms with Gasteiger partial charge in [-0.1, -0.05) is 12.1 Å². The molecule has 0 saturated carbocycles. The molecule has 0 aromatic heterocycles. The van der Waals surface area contributed by atoms with Crippen LogP contribution in [0.4, 0.5) is 18.9 Å². The van der Waals surface area contributed by atoms with Crippen molar-refractivity contribution in [3.05, 3.63) is 63.7 Å². The minimum Gasteiger partial charge on any atom is -0.497 e. The normalized spacial score (nSPS) is 11.0. The number of nitrogens with zero attached hydrogens (tertiary/aromatic N) is 1. The fourth-order valence-corrected chi connectivity index (χ4v) is 2.13. The first-order valence-corrected chi connectivity index (χ1v) is 7.59. The Morgan fingerprint density at radius 2 is 1.78 bits per heavy atom. The van der Waals surface area contributed by atoms with E-state index in [-0.39, 0.29) is 12.3 Å². The van der Waals surface area contributed by atoms with E-state index in [1.807, 2.05) is 0 Å².